The second-order valence-electron chi connectivity index (χ2n) is 5.88. The quantitative estimate of drug-likeness (QED) is 0.782. The fourth-order valence-electron chi connectivity index (χ4n) is 3.21. The van der Waals surface area contributed by atoms with Crippen molar-refractivity contribution in [3.8, 4) is 0 Å². The molecule has 1 aromatic rings. The molecule has 1 atom stereocenters. The molecule has 1 aliphatic heterocycles. The molecule has 22 heavy (non-hydrogen) atoms. The number of fused-ring (bicyclic) bond motifs is 1. The van der Waals surface area contributed by atoms with Crippen LogP contribution >= 0.6 is 0 Å². The summed E-state index contributed by atoms with van der Waals surface area (Å²) in [5, 5.41) is 0. The molecule has 0 bridgehead atoms. The maximum Gasteiger partial charge on any atom is 0.255 e. The molecule has 1 aromatic carbocycles. The van der Waals surface area contributed by atoms with Gasteiger partial charge in [0.25, 0.3) is 5.91 Å². The first-order chi connectivity index (χ1) is 10.6. The summed E-state index contributed by atoms with van der Waals surface area (Å²) in [5.41, 5.74) is 1.77. The van der Waals surface area contributed by atoms with Gasteiger partial charge in [0.2, 0.25) is 0 Å². The maximum absolute atomic E-state index is 12.6. The summed E-state index contributed by atoms with van der Waals surface area (Å²) in [6, 6.07) is 4.48. The van der Waals surface area contributed by atoms with Gasteiger partial charge in [-0.15, -0.1) is 0 Å². The van der Waals surface area contributed by atoms with Gasteiger partial charge in [0.05, 0.1) is 6.04 Å². The summed E-state index contributed by atoms with van der Waals surface area (Å²) in [5.74, 6) is -0.0285. The van der Waals surface area contributed by atoms with Crippen LogP contribution in [0.4, 0.5) is 0 Å². The van der Waals surface area contributed by atoms with Crippen molar-refractivity contribution in [2.24, 2.45) is 0 Å². The Morgan fingerprint density at radius 3 is 2.68 bits per heavy atom. The average Bonchev–Trinajstić information content (AvgIpc) is 2.82. The van der Waals surface area contributed by atoms with Gasteiger partial charge in [-0.05, 0) is 24.5 Å². The second kappa shape index (κ2) is 5.83. The molecule has 114 valence electrons. The van der Waals surface area contributed by atoms with Gasteiger partial charge in [-0.3, -0.25) is 19.2 Å². The monoisotopic (exact) mass is 299 g/mol. The van der Waals surface area contributed by atoms with E-state index in [4.69, 9.17) is 0 Å². The van der Waals surface area contributed by atoms with Crippen LogP contribution in [0.15, 0.2) is 18.2 Å². The fraction of sp³-hybridized carbons (Fsp3) is 0.412. The predicted molar refractivity (Wildman–Crippen MR) is 78.6 cm³/mol. The molecule has 1 fully saturated rings. The zero-order chi connectivity index (χ0) is 15.7. The van der Waals surface area contributed by atoms with Gasteiger partial charge in [-0.2, -0.15) is 0 Å². The van der Waals surface area contributed by atoms with Crippen molar-refractivity contribution in [3.05, 3.63) is 34.9 Å². The highest BCUT2D eigenvalue weighted by Crippen LogP contribution is 2.28. The van der Waals surface area contributed by atoms with Crippen LogP contribution in [0.5, 0.6) is 0 Å². The molecule has 5 nitrogen and oxygen atoms in total. The number of hydrogen-bond donors (Lipinski definition) is 0. The van der Waals surface area contributed by atoms with Gasteiger partial charge in [-0.25, -0.2) is 0 Å². The number of benzene rings is 1. The molecule has 1 unspecified atom stereocenters. The van der Waals surface area contributed by atoms with Gasteiger partial charge >= 0.3 is 0 Å². The number of nitrogens with zero attached hydrogens (tertiary/aromatic N) is 1. The lowest BCUT2D eigenvalue weighted by Crippen LogP contribution is -2.42. The molecule has 1 saturated carbocycles. The Labute approximate surface area is 128 Å². The van der Waals surface area contributed by atoms with Gasteiger partial charge in [0.1, 0.15) is 12.1 Å². The SMILES string of the molecule is O=Cc1ccc2c(c1)C(=O)N(C1CCC(=O)CCCC1=O)C2. The second-order valence-corrected chi connectivity index (χ2v) is 5.88. The van der Waals surface area contributed by atoms with E-state index in [2.05, 4.69) is 0 Å². The van der Waals surface area contributed by atoms with Crippen LogP contribution in [0, 0.1) is 0 Å². The van der Waals surface area contributed by atoms with E-state index >= 15 is 0 Å². The lowest BCUT2D eigenvalue weighted by Gasteiger charge is -2.27. The van der Waals surface area contributed by atoms with E-state index in [1.807, 2.05) is 0 Å². The fourth-order valence-corrected chi connectivity index (χ4v) is 3.21. The van der Waals surface area contributed by atoms with Crippen molar-refractivity contribution >= 4 is 23.8 Å². The van der Waals surface area contributed by atoms with Crippen LogP contribution in [-0.4, -0.2) is 34.7 Å². The summed E-state index contributed by atoms with van der Waals surface area (Å²) in [7, 11) is 0. The first kappa shape index (κ1) is 14.6. The van der Waals surface area contributed by atoms with E-state index in [1.165, 1.54) is 0 Å². The normalized spacial score (nSPS) is 22.3. The zero-order valence-electron chi connectivity index (χ0n) is 12.2. The predicted octanol–water partition coefficient (Wildman–Crippen LogP) is 1.93. The lowest BCUT2D eigenvalue weighted by molar-refractivity contribution is -0.126. The standard InChI is InChI=1S/C17H17NO4/c19-10-11-4-5-12-9-18(17(22)14(12)8-11)15-7-6-13(20)2-1-3-16(15)21/h4-5,8,10,15H,1-3,6-7,9H2. The molecule has 0 saturated heterocycles. The number of carbonyl (C=O) groups excluding carboxylic acids is 4. The minimum atomic E-state index is -0.524. The molecule has 1 aliphatic carbocycles. The number of Topliss-reactive ketones (excluding diaryl/α,β-unsaturated/α-hetero) is 2. The number of rotatable bonds is 2. The van der Waals surface area contributed by atoms with Crippen LogP contribution in [0.25, 0.3) is 0 Å². The summed E-state index contributed by atoms with van der Waals surface area (Å²) in [6.45, 7) is 0.373. The molecule has 3 rings (SSSR count). The van der Waals surface area contributed by atoms with E-state index in [1.54, 1.807) is 23.1 Å². The number of hydrogen-bond acceptors (Lipinski definition) is 4. The maximum atomic E-state index is 12.6. The topological polar surface area (TPSA) is 71.5 Å². The van der Waals surface area contributed by atoms with E-state index in [-0.39, 0.29) is 17.5 Å². The zero-order valence-corrected chi connectivity index (χ0v) is 12.2. The summed E-state index contributed by atoms with van der Waals surface area (Å²) in [4.78, 5) is 48.9. The Kier molecular flexibility index (Phi) is 3.88. The molecule has 5 heteroatoms. The van der Waals surface area contributed by atoms with Crippen molar-refractivity contribution < 1.29 is 19.2 Å². The molecule has 1 heterocycles. The Bertz CT molecular complexity index is 665. The van der Waals surface area contributed by atoms with Crippen LogP contribution in [-0.2, 0) is 16.1 Å². The minimum Gasteiger partial charge on any atom is -0.324 e. The first-order valence-corrected chi connectivity index (χ1v) is 7.53. The molecule has 0 spiro atoms. The minimum absolute atomic E-state index is 0.0317. The Balaban J connectivity index is 1.86. The van der Waals surface area contributed by atoms with E-state index in [0.717, 1.165) is 5.56 Å². The highest BCUT2D eigenvalue weighted by atomic mass is 16.2. The molecule has 0 N–H and O–H groups in total. The Morgan fingerprint density at radius 2 is 1.91 bits per heavy atom. The van der Waals surface area contributed by atoms with Crippen LogP contribution in [0.2, 0.25) is 0 Å². The van der Waals surface area contributed by atoms with Crippen molar-refractivity contribution in [3.63, 3.8) is 0 Å². The molecule has 0 radical (unpaired) electrons. The van der Waals surface area contributed by atoms with Crippen LogP contribution in [0.3, 0.4) is 0 Å². The van der Waals surface area contributed by atoms with Crippen molar-refractivity contribution in [1.82, 2.24) is 4.90 Å². The third kappa shape index (κ3) is 2.58. The molecular formula is C17H17NO4. The average molecular weight is 299 g/mol. The van der Waals surface area contributed by atoms with E-state index in [9.17, 15) is 19.2 Å². The molecule has 1 amide bonds. The highest BCUT2D eigenvalue weighted by Gasteiger charge is 2.36. The van der Waals surface area contributed by atoms with Crippen molar-refractivity contribution in [2.75, 3.05) is 0 Å². The van der Waals surface area contributed by atoms with Gasteiger partial charge in [-0.1, -0.05) is 12.1 Å². The lowest BCUT2D eigenvalue weighted by atomic mass is 9.94. The molecular weight excluding hydrogens is 282 g/mol. The summed E-state index contributed by atoms with van der Waals surface area (Å²) < 4.78 is 0. The van der Waals surface area contributed by atoms with Crippen LogP contribution in [0.1, 0.15) is 58.4 Å². The van der Waals surface area contributed by atoms with E-state index in [0.29, 0.717) is 56.1 Å². The molecule has 2 aliphatic rings. The largest absolute Gasteiger partial charge is 0.324 e. The Morgan fingerprint density at radius 1 is 1.09 bits per heavy atom. The first-order valence-electron chi connectivity index (χ1n) is 7.53. The molecule has 0 aromatic heterocycles. The Hall–Kier alpha value is -2.30. The third-order valence-corrected chi connectivity index (χ3v) is 4.43. The van der Waals surface area contributed by atoms with Crippen molar-refractivity contribution in [1.29, 1.82) is 0 Å². The van der Waals surface area contributed by atoms with Gasteiger partial charge < -0.3 is 4.90 Å². The van der Waals surface area contributed by atoms with Crippen LogP contribution < -0.4 is 0 Å². The van der Waals surface area contributed by atoms with Gasteiger partial charge in [0, 0.05) is 36.9 Å². The highest BCUT2D eigenvalue weighted by molar-refractivity contribution is 6.02. The summed E-state index contributed by atoms with van der Waals surface area (Å²) in [6.07, 6.45) is 2.81. The van der Waals surface area contributed by atoms with E-state index < -0.39 is 6.04 Å². The summed E-state index contributed by atoms with van der Waals surface area (Å²) >= 11 is 0. The smallest absolute Gasteiger partial charge is 0.255 e. The number of ketones is 2. The third-order valence-electron chi connectivity index (χ3n) is 4.43. The van der Waals surface area contributed by atoms with Crippen molar-refractivity contribution in [2.45, 2.75) is 44.7 Å². The number of carbonyl (C=O) groups is 4. The van der Waals surface area contributed by atoms with Gasteiger partial charge in [0.15, 0.2) is 5.78 Å². The number of aldehydes is 1. The number of amides is 1.